The lowest BCUT2D eigenvalue weighted by molar-refractivity contribution is -0.146. The van der Waals surface area contributed by atoms with Crippen LogP contribution < -0.4 is 10.0 Å². The molecule has 1 aromatic heterocycles. The van der Waals surface area contributed by atoms with Gasteiger partial charge in [-0.1, -0.05) is 24.1 Å². The second kappa shape index (κ2) is 10.0. The zero-order valence-corrected chi connectivity index (χ0v) is 18.7. The molecule has 2 aromatic rings. The number of aryl methyl sites for hydroxylation is 2. The minimum Gasteiger partial charge on any atom is -0.455 e. The number of anilines is 1. The molecule has 0 saturated heterocycles. The summed E-state index contributed by atoms with van der Waals surface area (Å²) in [7, 11) is -3.86. The minimum atomic E-state index is -3.86. The van der Waals surface area contributed by atoms with Crippen molar-refractivity contribution >= 4 is 38.2 Å². The smallest absolute Gasteiger partial charge is 0.321 e. The van der Waals surface area contributed by atoms with Gasteiger partial charge in [-0.25, -0.2) is 8.42 Å². The number of thiophene rings is 1. The number of carbonyl (C=O) groups excluding carboxylic acids is 2. The maximum absolute atomic E-state index is 12.2. The van der Waals surface area contributed by atoms with Crippen molar-refractivity contribution in [1.82, 2.24) is 4.72 Å². The molecule has 0 bridgehead atoms. The van der Waals surface area contributed by atoms with Gasteiger partial charge in [-0.2, -0.15) is 9.98 Å². The van der Waals surface area contributed by atoms with Crippen molar-refractivity contribution in [2.24, 2.45) is 0 Å². The van der Waals surface area contributed by atoms with Gasteiger partial charge in [0.2, 0.25) is 10.0 Å². The van der Waals surface area contributed by atoms with Crippen LogP contribution in [0, 0.1) is 18.3 Å². The van der Waals surface area contributed by atoms with E-state index in [1.807, 2.05) is 6.92 Å². The highest BCUT2D eigenvalue weighted by Gasteiger charge is 2.22. The van der Waals surface area contributed by atoms with Crippen molar-refractivity contribution in [2.45, 2.75) is 43.9 Å². The third-order valence-corrected chi connectivity index (χ3v) is 7.51. The highest BCUT2D eigenvalue weighted by Crippen LogP contribution is 2.36. The van der Waals surface area contributed by atoms with Crippen molar-refractivity contribution in [3.63, 3.8) is 0 Å². The molecule has 0 atom stereocenters. The molecule has 0 saturated carbocycles. The number of nitriles is 1. The summed E-state index contributed by atoms with van der Waals surface area (Å²) in [5, 5.41) is 12.6. The standard InChI is InChI=1S/C21H23N3O5S2/c1-14-7-9-15(10-8-14)31(27,28)23-12-20(26)29-13-19(25)24-21-17(11-22)16-5-3-2-4-6-18(16)30-21/h7-10,23H,2-6,12-13H2,1H3,(H,24,25). The summed E-state index contributed by atoms with van der Waals surface area (Å²) in [5.41, 5.74) is 2.39. The van der Waals surface area contributed by atoms with E-state index in [-0.39, 0.29) is 4.90 Å². The summed E-state index contributed by atoms with van der Waals surface area (Å²) >= 11 is 1.39. The first kappa shape index (κ1) is 22.9. The molecule has 1 aliphatic carbocycles. The SMILES string of the molecule is Cc1ccc(S(=O)(=O)NCC(=O)OCC(=O)Nc2sc3c(c2C#N)CCCCC3)cc1. The molecule has 1 aromatic carbocycles. The highest BCUT2D eigenvalue weighted by molar-refractivity contribution is 7.89. The van der Waals surface area contributed by atoms with Gasteiger partial charge in [-0.05, 0) is 50.3 Å². The van der Waals surface area contributed by atoms with Gasteiger partial charge in [0.15, 0.2) is 6.61 Å². The van der Waals surface area contributed by atoms with Crippen molar-refractivity contribution < 1.29 is 22.7 Å². The number of fused-ring (bicyclic) bond motifs is 1. The van der Waals surface area contributed by atoms with Gasteiger partial charge in [-0.15, -0.1) is 11.3 Å². The normalized spacial score (nSPS) is 13.5. The molecular weight excluding hydrogens is 438 g/mol. The van der Waals surface area contributed by atoms with Gasteiger partial charge in [-0.3, -0.25) is 9.59 Å². The molecule has 0 unspecified atom stereocenters. The predicted molar refractivity (Wildman–Crippen MR) is 116 cm³/mol. The number of nitrogens with one attached hydrogen (secondary N) is 2. The van der Waals surface area contributed by atoms with Gasteiger partial charge in [0.05, 0.1) is 10.5 Å². The molecule has 8 nitrogen and oxygen atoms in total. The number of ether oxygens (including phenoxy) is 1. The lowest BCUT2D eigenvalue weighted by atomic mass is 10.1. The average molecular weight is 462 g/mol. The molecule has 10 heteroatoms. The summed E-state index contributed by atoms with van der Waals surface area (Å²) in [6.45, 7) is 0.664. The number of amides is 1. The molecule has 1 amide bonds. The fourth-order valence-corrected chi connectivity index (χ4v) is 5.49. The Bertz CT molecular complexity index is 1120. The fraction of sp³-hybridized carbons (Fsp3) is 0.381. The number of nitrogens with zero attached hydrogens (tertiary/aromatic N) is 1. The summed E-state index contributed by atoms with van der Waals surface area (Å²) < 4.78 is 31.4. The van der Waals surface area contributed by atoms with Crippen LogP contribution in [0.3, 0.4) is 0 Å². The molecule has 2 N–H and O–H groups in total. The molecule has 0 aliphatic heterocycles. The van der Waals surface area contributed by atoms with Crippen LogP contribution in [-0.2, 0) is 37.2 Å². The number of rotatable bonds is 7. The lowest BCUT2D eigenvalue weighted by Crippen LogP contribution is -2.32. The number of hydrogen-bond donors (Lipinski definition) is 2. The molecule has 1 heterocycles. The third-order valence-electron chi connectivity index (χ3n) is 4.89. The molecule has 1 aliphatic rings. The van der Waals surface area contributed by atoms with E-state index in [0.29, 0.717) is 10.6 Å². The van der Waals surface area contributed by atoms with Gasteiger partial charge in [0.1, 0.15) is 17.6 Å². The van der Waals surface area contributed by atoms with Gasteiger partial charge in [0.25, 0.3) is 5.91 Å². The zero-order valence-electron chi connectivity index (χ0n) is 17.1. The second-order valence-electron chi connectivity index (χ2n) is 7.23. The Kier molecular flexibility index (Phi) is 7.43. The van der Waals surface area contributed by atoms with E-state index < -0.39 is 35.1 Å². The fourth-order valence-electron chi connectivity index (χ4n) is 3.26. The van der Waals surface area contributed by atoms with Gasteiger partial charge in [0, 0.05) is 4.88 Å². The summed E-state index contributed by atoms with van der Waals surface area (Å²) in [5.74, 6) is -1.46. The molecule has 0 radical (unpaired) electrons. The largest absolute Gasteiger partial charge is 0.455 e. The molecule has 164 valence electrons. The first-order valence-electron chi connectivity index (χ1n) is 9.86. The Morgan fingerprint density at radius 3 is 2.58 bits per heavy atom. The Hall–Kier alpha value is -2.74. The van der Waals surface area contributed by atoms with Crippen LogP contribution in [0.4, 0.5) is 5.00 Å². The van der Waals surface area contributed by atoms with Gasteiger partial charge < -0.3 is 10.1 Å². The molecule has 0 fully saturated rings. The Morgan fingerprint density at radius 2 is 1.87 bits per heavy atom. The zero-order chi connectivity index (χ0) is 22.4. The number of esters is 1. The Balaban J connectivity index is 1.51. The van der Waals surface area contributed by atoms with E-state index in [4.69, 9.17) is 4.74 Å². The third kappa shape index (κ3) is 5.91. The first-order valence-corrected chi connectivity index (χ1v) is 12.2. The van der Waals surface area contributed by atoms with Crippen LogP contribution in [0.2, 0.25) is 0 Å². The van der Waals surface area contributed by atoms with Crippen LogP contribution in [0.1, 0.15) is 40.8 Å². The van der Waals surface area contributed by atoms with Crippen molar-refractivity contribution in [3.8, 4) is 6.07 Å². The summed E-state index contributed by atoms with van der Waals surface area (Å²) in [4.78, 5) is 25.2. The molecular formula is C21H23N3O5S2. The van der Waals surface area contributed by atoms with E-state index in [2.05, 4.69) is 16.1 Å². The van der Waals surface area contributed by atoms with E-state index in [1.165, 1.54) is 23.5 Å². The average Bonchev–Trinajstić information content (AvgIpc) is 2.90. The van der Waals surface area contributed by atoms with E-state index in [1.54, 1.807) is 12.1 Å². The minimum absolute atomic E-state index is 0.0325. The molecule has 3 rings (SSSR count). The number of carbonyl (C=O) groups is 2. The van der Waals surface area contributed by atoms with Crippen LogP contribution in [0.5, 0.6) is 0 Å². The topological polar surface area (TPSA) is 125 Å². The maximum Gasteiger partial charge on any atom is 0.321 e. The highest BCUT2D eigenvalue weighted by atomic mass is 32.2. The van der Waals surface area contributed by atoms with Crippen LogP contribution in [-0.4, -0.2) is 33.4 Å². The van der Waals surface area contributed by atoms with Crippen molar-refractivity contribution in [3.05, 3.63) is 45.8 Å². The Labute approximate surface area is 185 Å². The number of hydrogen-bond acceptors (Lipinski definition) is 7. The molecule has 0 spiro atoms. The summed E-state index contributed by atoms with van der Waals surface area (Å²) in [6, 6.07) is 8.34. The van der Waals surface area contributed by atoms with Crippen molar-refractivity contribution in [1.29, 1.82) is 5.26 Å². The summed E-state index contributed by atoms with van der Waals surface area (Å²) in [6.07, 6.45) is 4.91. The number of benzene rings is 1. The van der Waals surface area contributed by atoms with E-state index in [9.17, 15) is 23.3 Å². The van der Waals surface area contributed by atoms with Crippen LogP contribution in [0.15, 0.2) is 29.2 Å². The first-order chi connectivity index (χ1) is 14.8. The molecule has 31 heavy (non-hydrogen) atoms. The van der Waals surface area contributed by atoms with Gasteiger partial charge >= 0.3 is 5.97 Å². The monoisotopic (exact) mass is 461 g/mol. The van der Waals surface area contributed by atoms with E-state index >= 15 is 0 Å². The number of sulfonamides is 1. The van der Waals surface area contributed by atoms with Crippen molar-refractivity contribution in [2.75, 3.05) is 18.5 Å². The Morgan fingerprint density at radius 1 is 1.16 bits per heavy atom. The lowest BCUT2D eigenvalue weighted by Gasteiger charge is -2.08. The quantitative estimate of drug-likeness (QED) is 0.482. The predicted octanol–water partition coefficient (Wildman–Crippen LogP) is 2.66. The van der Waals surface area contributed by atoms with Crippen LogP contribution in [0.25, 0.3) is 0 Å². The maximum atomic E-state index is 12.2. The van der Waals surface area contributed by atoms with Crippen LogP contribution >= 0.6 is 11.3 Å². The van der Waals surface area contributed by atoms with E-state index in [0.717, 1.165) is 48.1 Å². The second-order valence-corrected chi connectivity index (χ2v) is 10.1.